The van der Waals surface area contributed by atoms with Gasteiger partial charge in [-0.15, -0.1) is 0 Å². The summed E-state index contributed by atoms with van der Waals surface area (Å²) in [5, 5.41) is 0. The average Bonchev–Trinajstić information content (AvgIpc) is 3.49. The number of carbonyl (C=O) groups is 3. The zero-order chi connectivity index (χ0) is 59.9. The molecule has 0 rings (SSSR count). The minimum atomic E-state index is -0.824. The van der Waals surface area contributed by atoms with E-state index in [-0.39, 0.29) is 37.5 Å². The summed E-state index contributed by atoms with van der Waals surface area (Å²) in [6.45, 7) is 6.34. The predicted molar refractivity (Wildman–Crippen MR) is 361 cm³/mol. The highest BCUT2D eigenvalue weighted by Gasteiger charge is 2.19. The van der Waals surface area contributed by atoms with E-state index in [4.69, 9.17) is 14.2 Å². The predicted octanol–water partition coefficient (Wildman–Crippen LogP) is 23.4. The van der Waals surface area contributed by atoms with Crippen molar-refractivity contribution >= 4 is 17.9 Å². The number of ether oxygens (including phenoxy) is 3. The third-order valence-electron chi connectivity index (χ3n) is 13.7. The highest BCUT2D eigenvalue weighted by Crippen LogP contribution is 2.14. The largest absolute Gasteiger partial charge is 0.462 e. The lowest BCUT2D eigenvalue weighted by molar-refractivity contribution is -0.167. The van der Waals surface area contributed by atoms with Crippen LogP contribution in [0.3, 0.4) is 0 Å². The first-order valence-electron chi connectivity index (χ1n) is 33.6. The van der Waals surface area contributed by atoms with Crippen LogP contribution in [-0.4, -0.2) is 37.2 Å². The fourth-order valence-corrected chi connectivity index (χ4v) is 8.72. The maximum Gasteiger partial charge on any atom is 0.306 e. The van der Waals surface area contributed by atoms with Crippen LogP contribution in [0.1, 0.15) is 278 Å². The summed E-state index contributed by atoms with van der Waals surface area (Å²) in [6, 6.07) is 0. The Morgan fingerprint density at radius 1 is 0.253 bits per heavy atom. The summed E-state index contributed by atoms with van der Waals surface area (Å²) in [7, 11) is 0. The van der Waals surface area contributed by atoms with Gasteiger partial charge in [-0.1, -0.05) is 281 Å². The maximum absolute atomic E-state index is 12.9. The van der Waals surface area contributed by atoms with Gasteiger partial charge in [0.1, 0.15) is 13.2 Å². The Labute approximate surface area is 511 Å². The van der Waals surface area contributed by atoms with Gasteiger partial charge in [0.15, 0.2) is 6.10 Å². The van der Waals surface area contributed by atoms with Crippen molar-refractivity contribution < 1.29 is 28.6 Å². The second kappa shape index (κ2) is 69.3. The van der Waals surface area contributed by atoms with Crippen LogP contribution < -0.4 is 0 Å². The normalized spacial score (nSPS) is 13.2. The first kappa shape index (κ1) is 77.8. The van der Waals surface area contributed by atoms with Gasteiger partial charge in [0.25, 0.3) is 0 Å². The van der Waals surface area contributed by atoms with E-state index in [1.165, 1.54) is 83.5 Å². The van der Waals surface area contributed by atoms with Crippen LogP contribution in [-0.2, 0) is 28.6 Å². The molecule has 0 amide bonds. The molecule has 0 aliphatic heterocycles. The van der Waals surface area contributed by atoms with Crippen molar-refractivity contribution in [1.82, 2.24) is 0 Å². The molecule has 83 heavy (non-hydrogen) atoms. The molecule has 6 nitrogen and oxygen atoms in total. The summed E-state index contributed by atoms with van der Waals surface area (Å²) < 4.78 is 16.9. The second-order valence-corrected chi connectivity index (χ2v) is 21.6. The van der Waals surface area contributed by atoms with E-state index in [1.54, 1.807) is 0 Å². The maximum atomic E-state index is 12.9. The number of esters is 3. The molecule has 0 saturated heterocycles. The van der Waals surface area contributed by atoms with Crippen LogP contribution in [0.4, 0.5) is 0 Å². The molecule has 1 unspecified atom stereocenters. The number of allylic oxidation sites excluding steroid dienone is 28. The minimum absolute atomic E-state index is 0.113. The van der Waals surface area contributed by atoms with Crippen molar-refractivity contribution in [1.29, 1.82) is 0 Å². The van der Waals surface area contributed by atoms with Gasteiger partial charge >= 0.3 is 17.9 Å². The highest BCUT2D eigenvalue weighted by molar-refractivity contribution is 5.71. The van der Waals surface area contributed by atoms with Crippen LogP contribution in [0.5, 0.6) is 0 Å². The average molecular weight is 1140 g/mol. The van der Waals surface area contributed by atoms with Crippen molar-refractivity contribution in [2.45, 2.75) is 284 Å². The molecule has 466 valence electrons. The number of rotatable bonds is 59. The lowest BCUT2D eigenvalue weighted by Gasteiger charge is -2.18. The zero-order valence-electron chi connectivity index (χ0n) is 53.4. The SMILES string of the molecule is CC/C=C\C/C=C\C/C=C\C/C=C\C/C=C\C/C=C\C/C=C\C/C=C\CCCCCCCCCCC(=O)OCC(COC(=O)CCCCCCC/C=C\CCCCCCCC)OC(=O)CCC/C=C\C/C=C\C/C=C\C/C=C\C/C=C\CC. The van der Waals surface area contributed by atoms with Crippen LogP contribution in [0.25, 0.3) is 0 Å². The van der Waals surface area contributed by atoms with E-state index in [0.29, 0.717) is 19.3 Å². The van der Waals surface area contributed by atoms with Gasteiger partial charge in [-0.3, -0.25) is 14.4 Å². The topological polar surface area (TPSA) is 78.9 Å². The molecular weight excluding hydrogens is 1020 g/mol. The Balaban J connectivity index is 4.39. The Bertz CT molecular complexity index is 1890. The van der Waals surface area contributed by atoms with E-state index in [9.17, 15) is 14.4 Å². The van der Waals surface area contributed by atoms with E-state index >= 15 is 0 Å². The van der Waals surface area contributed by atoms with Crippen molar-refractivity contribution in [3.63, 3.8) is 0 Å². The molecule has 0 saturated carbocycles. The third kappa shape index (κ3) is 67.4. The first-order valence-corrected chi connectivity index (χ1v) is 33.6. The molecular formula is C77H122O6. The Morgan fingerprint density at radius 3 is 0.783 bits per heavy atom. The summed E-state index contributed by atoms with van der Waals surface area (Å²) in [5.41, 5.74) is 0. The van der Waals surface area contributed by atoms with Crippen molar-refractivity contribution in [3.05, 3.63) is 170 Å². The third-order valence-corrected chi connectivity index (χ3v) is 13.7. The molecule has 1 atom stereocenters. The molecule has 0 heterocycles. The summed E-state index contributed by atoms with van der Waals surface area (Å²) in [4.78, 5) is 38.3. The monoisotopic (exact) mass is 1140 g/mol. The fraction of sp³-hybridized carbons (Fsp3) is 0.597. The molecule has 0 fully saturated rings. The molecule has 6 heteroatoms. The number of unbranched alkanes of at least 4 members (excludes halogenated alkanes) is 20. The van der Waals surface area contributed by atoms with Crippen LogP contribution in [0.2, 0.25) is 0 Å². The Kier molecular flexibility index (Phi) is 64.9. The molecule has 0 bridgehead atoms. The first-order chi connectivity index (χ1) is 41.0. The summed E-state index contributed by atoms with van der Waals surface area (Å²) >= 11 is 0. The lowest BCUT2D eigenvalue weighted by Crippen LogP contribution is -2.30. The number of carbonyl (C=O) groups excluding carboxylic acids is 3. The van der Waals surface area contributed by atoms with Gasteiger partial charge in [-0.2, -0.15) is 0 Å². The second-order valence-electron chi connectivity index (χ2n) is 21.6. The van der Waals surface area contributed by atoms with Gasteiger partial charge in [0.2, 0.25) is 0 Å². The molecule has 0 aliphatic rings. The molecule has 0 radical (unpaired) electrons. The fourth-order valence-electron chi connectivity index (χ4n) is 8.72. The van der Waals surface area contributed by atoms with Crippen molar-refractivity contribution in [3.8, 4) is 0 Å². The number of hydrogen-bond acceptors (Lipinski definition) is 6. The van der Waals surface area contributed by atoms with E-state index in [2.05, 4.69) is 191 Å². The summed E-state index contributed by atoms with van der Waals surface area (Å²) in [6.07, 6.45) is 102. The smallest absolute Gasteiger partial charge is 0.306 e. The summed E-state index contributed by atoms with van der Waals surface area (Å²) in [5.74, 6) is -0.991. The number of hydrogen-bond donors (Lipinski definition) is 0. The van der Waals surface area contributed by atoms with Crippen LogP contribution >= 0.6 is 0 Å². The van der Waals surface area contributed by atoms with Crippen molar-refractivity contribution in [2.75, 3.05) is 13.2 Å². The van der Waals surface area contributed by atoms with Gasteiger partial charge in [-0.05, 0) is 148 Å². The van der Waals surface area contributed by atoms with Gasteiger partial charge in [0, 0.05) is 19.3 Å². The molecule has 0 aromatic carbocycles. The van der Waals surface area contributed by atoms with E-state index < -0.39 is 6.10 Å². The lowest BCUT2D eigenvalue weighted by atomic mass is 10.1. The van der Waals surface area contributed by atoms with Gasteiger partial charge in [0.05, 0.1) is 0 Å². The zero-order valence-corrected chi connectivity index (χ0v) is 53.4. The van der Waals surface area contributed by atoms with Gasteiger partial charge < -0.3 is 14.2 Å². The molecule has 0 aromatic rings. The van der Waals surface area contributed by atoms with E-state index in [1.807, 2.05) is 0 Å². The molecule has 0 spiro atoms. The standard InChI is InChI=1S/C77H122O6/c1-4-7-10-13-16-19-22-25-28-30-31-32-33-34-35-36-37-38-39-40-41-42-43-44-45-47-49-52-55-58-61-64-67-70-76(79)82-73-74(72-81-75(78)69-66-63-60-57-54-51-48-27-24-21-18-15-12-9-6-3)83-77(80)71-68-65-62-59-56-53-50-46-29-26-23-20-17-14-11-8-5-2/h7-8,10-11,16-17,19-20,25-29,31-32,34-35,37-38,40-41,43-44,48,50,53,59,62,74H,4-6,9,12-15,18,21-24,30,33,36,39,42,45-47,49,51-52,54-58,60-61,63-73H2,1-3H3/b10-7-,11-8-,19-16-,20-17-,28-25-,29-26-,32-31-,35-34-,38-37-,41-40-,44-43-,48-27-,53-50-,62-59-. The molecule has 0 N–H and O–H groups in total. The van der Waals surface area contributed by atoms with Gasteiger partial charge in [-0.25, -0.2) is 0 Å². The Morgan fingerprint density at radius 2 is 0.482 bits per heavy atom. The van der Waals surface area contributed by atoms with Crippen LogP contribution in [0.15, 0.2) is 170 Å². The Hall–Kier alpha value is -5.23. The minimum Gasteiger partial charge on any atom is -0.462 e. The molecule has 0 aliphatic carbocycles. The quantitative estimate of drug-likeness (QED) is 0.0261. The van der Waals surface area contributed by atoms with E-state index in [0.717, 1.165) is 148 Å². The van der Waals surface area contributed by atoms with Crippen molar-refractivity contribution in [2.24, 2.45) is 0 Å². The molecule has 0 aromatic heterocycles. The highest BCUT2D eigenvalue weighted by atomic mass is 16.6. The van der Waals surface area contributed by atoms with Crippen LogP contribution in [0, 0.1) is 0 Å².